The highest BCUT2D eigenvalue weighted by atomic mass is 33.1. The minimum atomic E-state index is -3.71. The average molecular weight is 517 g/mol. The molecule has 1 amide bonds. The topological polar surface area (TPSA) is 256 Å². The van der Waals surface area contributed by atoms with Gasteiger partial charge in [-0.1, -0.05) is 0 Å². The average Bonchev–Trinajstić information content (AvgIpc) is 2.59. The zero-order valence-electron chi connectivity index (χ0n) is 17.1. The second-order valence-electron chi connectivity index (χ2n) is 6.55. The molecule has 0 aromatic rings. The van der Waals surface area contributed by atoms with Crippen molar-refractivity contribution in [2.24, 2.45) is 0 Å². The summed E-state index contributed by atoms with van der Waals surface area (Å²) in [6.45, 7) is -4.73. The molecule has 6 N–H and O–H groups in total. The summed E-state index contributed by atoms with van der Waals surface area (Å²) < 4.78 is 22.6. The molecule has 0 fully saturated rings. The van der Waals surface area contributed by atoms with E-state index in [0.29, 0.717) is 9.80 Å². The van der Waals surface area contributed by atoms with Crippen molar-refractivity contribution in [2.45, 2.75) is 12.1 Å². The number of rotatable bonds is 17. The number of aliphatic carboxylic acids is 5. The summed E-state index contributed by atoms with van der Waals surface area (Å²) in [4.78, 5) is 69.9. The molecule has 188 valence electrons. The maximum Gasteiger partial charge on any atom is 0.327 e. The SMILES string of the molecule is CS(=O)(=O)SC[C@H](NC(=O)[C@@H](CN(CC(=O)O)CC(=O)O)N(CC(=O)O)CC(=O)O)C(=O)O. The molecule has 0 heterocycles. The summed E-state index contributed by atoms with van der Waals surface area (Å²) >= 11 is 0. The standard InChI is InChI=1S/C15H23N3O13S2/c1-33(30,31)32-7-8(15(28)29)16-14(27)9(18(5-12(23)24)6-13(25)26)2-17(3-10(19)20)4-11(21)22/h8-9H,2-7H2,1H3,(H,16,27)(H,19,20)(H,21,22)(H,23,24)(H,25,26)(H,28,29)/t8-,9+/m0/s1. The van der Waals surface area contributed by atoms with Gasteiger partial charge in [0.1, 0.15) is 12.1 Å². The van der Waals surface area contributed by atoms with Crippen LogP contribution in [0.2, 0.25) is 0 Å². The fourth-order valence-corrected chi connectivity index (χ4v) is 4.19. The smallest absolute Gasteiger partial charge is 0.327 e. The molecule has 0 aromatic carbocycles. The zero-order chi connectivity index (χ0) is 25.9. The first-order valence-electron chi connectivity index (χ1n) is 8.73. The predicted octanol–water partition coefficient (Wildman–Crippen LogP) is -3.44. The molecule has 0 aliphatic carbocycles. The highest BCUT2D eigenvalue weighted by Gasteiger charge is 2.34. The lowest BCUT2D eigenvalue weighted by Crippen LogP contribution is -2.58. The monoisotopic (exact) mass is 517 g/mol. The molecule has 0 rings (SSSR count). The van der Waals surface area contributed by atoms with E-state index >= 15 is 0 Å². The van der Waals surface area contributed by atoms with E-state index in [1.54, 1.807) is 0 Å². The van der Waals surface area contributed by atoms with E-state index in [1.807, 2.05) is 5.32 Å². The minimum absolute atomic E-state index is 0.193. The second kappa shape index (κ2) is 13.6. The predicted molar refractivity (Wildman–Crippen MR) is 109 cm³/mol. The Hall–Kier alpha value is -2.96. The molecule has 2 atom stereocenters. The van der Waals surface area contributed by atoms with Gasteiger partial charge in [0.2, 0.25) is 5.91 Å². The van der Waals surface area contributed by atoms with E-state index in [4.69, 9.17) is 20.4 Å². The fourth-order valence-electron chi connectivity index (χ4n) is 2.43. The van der Waals surface area contributed by atoms with Gasteiger partial charge in [-0.3, -0.25) is 33.8 Å². The molecule has 0 radical (unpaired) electrons. The molecular formula is C15H23N3O13S2. The van der Waals surface area contributed by atoms with Gasteiger partial charge >= 0.3 is 29.8 Å². The number of carbonyl (C=O) groups is 6. The third-order valence-corrected chi connectivity index (χ3v) is 6.22. The van der Waals surface area contributed by atoms with Crippen LogP contribution in [0.25, 0.3) is 0 Å². The Morgan fingerprint density at radius 2 is 1.24 bits per heavy atom. The van der Waals surface area contributed by atoms with Gasteiger partial charge in [0.15, 0.2) is 8.87 Å². The number of hydrogen-bond donors (Lipinski definition) is 6. The van der Waals surface area contributed by atoms with Crippen LogP contribution in [0.3, 0.4) is 0 Å². The van der Waals surface area contributed by atoms with Gasteiger partial charge in [-0.05, 0) is 10.8 Å². The first kappa shape index (κ1) is 30.0. The van der Waals surface area contributed by atoms with Crippen LogP contribution in [0.4, 0.5) is 0 Å². The molecule has 0 saturated carbocycles. The summed E-state index contributed by atoms with van der Waals surface area (Å²) in [5.74, 6) is -9.77. The normalized spacial score (nSPS) is 13.3. The van der Waals surface area contributed by atoms with E-state index < -0.39 is 95.2 Å². The first-order chi connectivity index (χ1) is 15.0. The van der Waals surface area contributed by atoms with Crippen LogP contribution in [-0.2, 0) is 37.6 Å². The van der Waals surface area contributed by atoms with Crippen molar-refractivity contribution < 1.29 is 62.7 Å². The lowest BCUT2D eigenvalue weighted by atomic mass is 10.1. The molecule has 16 nitrogen and oxygen atoms in total. The van der Waals surface area contributed by atoms with Crippen LogP contribution in [0.1, 0.15) is 0 Å². The maximum absolute atomic E-state index is 12.8. The van der Waals surface area contributed by atoms with Crippen LogP contribution in [-0.4, -0.2) is 136 Å². The van der Waals surface area contributed by atoms with Gasteiger partial charge in [0.05, 0.1) is 26.2 Å². The van der Waals surface area contributed by atoms with E-state index in [-0.39, 0.29) is 10.8 Å². The quantitative estimate of drug-likeness (QED) is 0.103. The van der Waals surface area contributed by atoms with Gasteiger partial charge in [0, 0.05) is 18.6 Å². The van der Waals surface area contributed by atoms with Crippen LogP contribution < -0.4 is 5.32 Å². The number of hydrogen-bond acceptors (Lipinski definition) is 11. The van der Waals surface area contributed by atoms with Crippen molar-refractivity contribution in [1.29, 1.82) is 0 Å². The zero-order valence-corrected chi connectivity index (χ0v) is 18.7. The lowest BCUT2D eigenvalue weighted by Gasteiger charge is -2.32. The molecule has 0 spiro atoms. The molecule has 0 saturated heterocycles. The van der Waals surface area contributed by atoms with Crippen molar-refractivity contribution in [3.63, 3.8) is 0 Å². The van der Waals surface area contributed by atoms with Crippen molar-refractivity contribution >= 4 is 55.4 Å². The van der Waals surface area contributed by atoms with Gasteiger partial charge in [-0.25, -0.2) is 13.2 Å². The summed E-state index contributed by atoms with van der Waals surface area (Å²) in [5, 5.41) is 47.3. The van der Waals surface area contributed by atoms with Crippen molar-refractivity contribution in [3.05, 3.63) is 0 Å². The molecule has 0 unspecified atom stereocenters. The molecular weight excluding hydrogens is 494 g/mol. The molecule has 0 bridgehead atoms. The maximum atomic E-state index is 12.8. The Kier molecular flexibility index (Phi) is 12.3. The number of nitrogens with one attached hydrogen (secondary N) is 1. The third-order valence-electron chi connectivity index (χ3n) is 3.63. The number of carboxylic acids is 5. The Labute approximate surface area is 190 Å². The van der Waals surface area contributed by atoms with E-state index in [9.17, 15) is 42.3 Å². The molecule has 0 aromatic heterocycles. The molecule has 0 aliphatic rings. The number of carbonyl (C=O) groups excluding carboxylic acids is 1. The van der Waals surface area contributed by atoms with E-state index in [2.05, 4.69) is 0 Å². The van der Waals surface area contributed by atoms with E-state index in [0.717, 1.165) is 6.26 Å². The molecule has 18 heteroatoms. The largest absolute Gasteiger partial charge is 0.480 e. The second-order valence-corrected chi connectivity index (χ2v) is 11.1. The Morgan fingerprint density at radius 3 is 1.58 bits per heavy atom. The molecule has 0 aliphatic heterocycles. The van der Waals surface area contributed by atoms with Crippen molar-refractivity contribution in [1.82, 2.24) is 15.1 Å². The minimum Gasteiger partial charge on any atom is -0.480 e. The number of carboxylic acid groups (broad SMARTS) is 5. The van der Waals surface area contributed by atoms with Crippen LogP contribution in [0.15, 0.2) is 0 Å². The van der Waals surface area contributed by atoms with Crippen LogP contribution >= 0.6 is 10.8 Å². The number of nitrogens with zero attached hydrogens (tertiary/aromatic N) is 2. The Bertz CT molecular complexity index is 844. The Balaban J connectivity index is 6.05. The third kappa shape index (κ3) is 13.9. The lowest BCUT2D eigenvalue weighted by molar-refractivity contribution is -0.149. The summed E-state index contributed by atoms with van der Waals surface area (Å²) in [5.41, 5.74) is 0. The highest BCUT2D eigenvalue weighted by Crippen LogP contribution is 2.12. The van der Waals surface area contributed by atoms with Gasteiger partial charge in [-0.15, -0.1) is 0 Å². The fraction of sp³-hybridized carbons (Fsp3) is 0.600. The first-order valence-corrected chi connectivity index (χ1v) is 12.1. The van der Waals surface area contributed by atoms with Gasteiger partial charge in [0.25, 0.3) is 0 Å². The van der Waals surface area contributed by atoms with Gasteiger partial charge < -0.3 is 30.8 Å². The molecule has 33 heavy (non-hydrogen) atoms. The van der Waals surface area contributed by atoms with E-state index in [1.165, 1.54) is 0 Å². The van der Waals surface area contributed by atoms with Crippen molar-refractivity contribution in [2.75, 3.05) is 44.7 Å². The summed E-state index contributed by atoms with van der Waals surface area (Å²) in [6, 6.07) is -3.62. The van der Waals surface area contributed by atoms with Crippen molar-refractivity contribution in [3.8, 4) is 0 Å². The van der Waals surface area contributed by atoms with Crippen LogP contribution in [0, 0.1) is 0 Å². The summed E-state index contributed by atoms with van der Waals surface area (Å²) in [6.07, 6.45) is 0.790. The number of amides is 1. The van der Waals surface area contributed by atoms with Crippen LogP contribution in [0.5, 0.6) is 0 Å². The highest BCUT2D eigenvalue weighted by molar-refractivity contribution is 8.71. The Morgan fingerprint density at radius 1 is 0.818 bits per heavy atom. The van der Waals surface area contributed by atoms with Gasteiger partial charge in [-0.2, -0.15) is 0 Å². The summed E-state index contributed by atoms with van der Waals surface area (Å²) in [7, 11) is -3.51.